The van der Waals surface area contributed by atoms with Crippen LogP contribution in [0, 0.1) is 0 Å². The summed E-state index contributed by atoms with van der Waals surface area (Å²) in [5.74, 6) is 0. The van der Waals surface area contributed by atoms with E-state index in [0.717, 1.165) is 5.70 Å². The molecule has 0 bridgehead atoms. The maximum atomic E-state index is 8.76. The van der Waals surface area contributed by atoms with Gasteiger partial charge in [-0.15, -0.1) is 0 Å². The molecule has 1 heterocycles. The first-order valence-corrected chi connectivity index (χ1v) is 4.61. The Bertz CT molecular complexity index is 221. The molecular formula is C10H19NO2. The molecule has 1 fully saturated rings. The molecule has 0 saturated carbocycles. The lowest BCUT2D eigenvalue weighted by atomic mass is 9.82. The van der Waals surface area contributed by atoms with Gasteiger partial charge < -0.3 is 5.11 Å². The van der Waals surface area contributed by atoms with E-state index in [2.05, 4.69) is 34.3 Å². The van der Waals surface area contributed by atoms with Gasteiger partial charge in [0, 0.05) is 18.7 Å². The minimum atomic E-state index is -0.147. The zero-order chi connectivity index (χ0) is 10.3. The van der Waals surface area contributed by atoms with Crippen LogP contribution in [0.3, 0.4) is 0 Å². The van der Waals surface area contributed by atoms with Gasteiger partial charge in [-0.25, -0.2) is 5.06 Å². The molecule has 1 aliphatic heterocycles. The Labute approximate surface area is 79.9 Å². The van der Waals surface area contributed by atoms with Crippen molar-refractivity contribution in [1.29, 1.82) is 0 Å². The van der Waals surface area contributed by atoms with Gasteiger partial charge in [0.15, 0.2) is 0 Å². The molecule has 0 atom stereocenters. The van der Waals surface area contributed by atoms with Crippen molar-refractivity contribution >= 4 is 0 Å². The van der Waals surface area contributed by atoms with E-state index in [1.54, 1.807) is 5.06 Å². The Morgan fingerprint density at radius 2 is 1.92 bits per heavy atom. The largest absolute Gasteiger partial charge is 0.396 e. The van der Waals surface area contributed by atoms with Crippen molar-refractivity contribution in [3.8, 4) is 0 Å². The summed E-state index contributed by atoms with van der Waals surface area (Å²) in [6.07, 6.45) is 0.569. The lowest BCUT2D eigenvalue weighted by Gasteiger charge is -2.60. The van der Waals surface area contributed by atoms with Gasteiger partial charge in [0.25, 0.3) is 0 Å². The standard InChI is InChI=1S/C10H19NO2/c1-8(6-7-12)11-9(2,3)10(4,5)13-11/h12H,1,6-7H2,2-5H3. The van der Waals surface area contributed by atoms with Crippen molar-refractivity contribution < 1.29 is 9.94 Å². The average Bonchev–Trinajstić information content (AvgIpc) is 2.00. The summed E-state index contributed by atoms with van der Waals surface area (Å²) >= 11 is 0. The smallest absolute Gasteiger partial charge is 0.116 e. The van der Waals surface area contributed by atoms with Crippen LogP contribution in [-0.4, -0.2) is 27.9 Å². The van der Waals surface area contributed by atoms with Gasteiger partial charge in [-0.1, -0.05) is 6.58 Å². The lowest BCUT2D eigenvalue weighted by Crippen LogP contribution is -2.70. The third-order valence-corrected chi connectivity index (χ3v) is 2.99. The first-order chi connectivity index (χ1) is 5.83. The molecule has 1 saturated heterocycles. The van der Waals surface area contributed by atoms with E-state index >= 15 is 0 Å². The van der Waals surface area contributed by atoms with Crippen LogP contribution >= 0.6 is 0 Å². The van der Waals surface area contributed by atoms with Gasteiger partial charge in [0.05, 0.1) is 5.54 Å². The van der Waals surface area contributed by atoms with Gasteiger partial charge in [0.2, 0.25) is 0 Å². The van der Waals surface area contributed by atoms with Crippen LogP contribution in [0.5, 0.6) is 0 Å². The maximum absolute atomic E-state index is 8.76. The second-order valence-electron chi connectivity index (χ2n) is 4.49. The number of aliphatic hydroxyl groups excluding tert-OH is 1. The first-order valence-electron chi connectivity index (χ1n) is 4.61. The fraction of sp³-hybridized carbons (Fsp3) is 0.800. The molecule has 0 unspecified atom stereocenters. The van der Waals surface area contributed by atoms with Crippen LogP contribution < -0.4 is 0 Å². The molecule has 76 valence electrons. The average molecular weight is 185 g/mol. The van der Waals surface area contributed by atoms with E-state index in [4.69, 9.17) is 9.94 Å². The molecule has 0 aromatic rings. The minimum absolute atomic E-state index is 0.0424. The van der Waals surface area contributed by atoms with E-state index in [9.17, 15) is 0 Å². The molecule has 3 nitrogen and oxygen atoms in total. The fourth-order valence-corrected chi connectivity index (χ4v) is 1.35. The highest BCUT2D eigenvalue weighted by atomic mass is 16.7. The van der Waals surface area contributed by atoms with Crippen molar-refractivity contribution in [2.75, 3.05) is 6.61 Å². The zero-order valence-corrected chi connectivity index (χ0v) is 8.92. The van der Waals surface area contributed by atoms with Crippen LogP contribution in [0.15, 0.2) is 12.3 Å². The molecule has 0 aliphatic carbocycles. The van der Waals surface area contributed by atoms with Crippen LogP contribution in [0.2, 0.25) is 0 Å². The normalized spacial score (nSPS) is 23.9. The van der Waals surface area contributed by atoms with E-state index in [1.807, 2.05) is 0 Å². The Hall–Kier alpha value is -0.540. The summed E-state index contributed by atoms with van der Waals surface area (Å²) in [6.45, 7) is 12.3. The molecule has 1 rings (SSSR count). The van der Waals surface area contributed by atoms with Crippen molar-refractivity contribution in [2.45, 2.75) is 45.3 Å². The Morgan fingerprint density at radius 1 is 1.38 bits per heavy atom. The predicted octanol–water partition coefficient (Wildman–Crippen LogP) is 1.69. The number of hydrogen-bond acceptors (Lipinski definition) is 3. The summed E-state index contributed by atoms with van der Waals surface area (Å²) in [5.41, 5.74) is 0.650. The maximum Gasteiger partial charge on any atom is 0.116 e. The van der Waals surface area contributed by atoms with Crippen LogP contribution in [0.4, 0.5) is 0 Å². The highest BCUT2D eigenvalue weighted by molar-refractivity contribution is 5.10. The molecule has 0 radical (unpaired) electrons. The van der Waals surface area contributed by atoms with Crippen molar-refractivity contribution in [3.63, 3.8) is 0 Å². The predicted molar refractivity (Wildman–Crippen MR) is 51.9 cm³/mol. The summed E-state index contributed by atoms with van der Waals surface area (Å²) in [5, 5.41) is 10.6. The highest BCUT2D eigenvalue weighted by Gasteiger charge is 2.55. The molecule has 0 aromatic carbocycles. The second kappa shape index (κ2) is 3.00. The summed E-state index contributed by atoms with van der Waals surface area (Å²) in [6, 6.07) is 0. The van der Waals surface area contributed by atoms with Gasteiger partial charge in [-0.3, -0.25) is 4.84 Å². The highest BCUT2D eigenvalue weighted by Crippen LogP contribution is 2.45. The quantitative estimate of drug-likeness (QED) is 0.726. The van der Waals surface area contributed by atoms with E-state index in [-0.39, 0.29) is 17.7 Å². The van der Waals surface area contributed by atoms with Gasteiger partial charge in [-0.05, 0) is 27.7 Å². The van der Waals surface area contributed by atoms with E-state index < -0.39 is 0 Å². The third-order valence-electron chi connectivity index (χ3n) is 2.99. The van der Waals surface area contributed by atoms with E-state index in [0.29, 0.717) is 6.42 Å². The van der Waals surface area contributed by atoms with Crippen molar-refractivity contribution in [3.05, 3.63) is 12.3 Å². The molecule has 0 spiro atoms. The summed E-state index contributed by atoms with van der Waals surface area (Å²) in [7, 11) is 0. The summed E-state index contributed by atoms with van der Waals surface area (Å²) in [4.78, 5) is 5.58. The monoisotopic (exact) mass is 185 g/mol. The zero-order valence-electron chi connectivity index (χ0n) is 8.92. The fourth-order valence-electron chi connectivity index (χ4n) is 1.35. The molecule has 1 N–H and O–H groups in total. The number of aliphatic hydroxyl groups is 1. The van der Waals surface area contributed by atoms with Crippen LogP contribution in [-0.2, 0) is 4.84 Å². The Morgan fingerprint density at radius 3 is 2.23 bits per heavy atom. The van der Waals surface area contributed by atoms with Crippen LogP contribution in [0.1, 0.15) is 34.1 Å². The Kier molecular flexibility index (Phi) is 2.43. The number of rotatable bonds is 3. The molecule has 0 aromatic heterocycles. The van der Waals surface area contributed by atoms with Crippen molar-refractivity contribution in [1.82, 2.24) is 5.06 Å². The number of hydrogen-bond donors (Lipinski definition) is 1. The number of hydroxylamine groups is 2. The van der Waals surface area contributed by atoms with E-state index in [1.165, 1.54) is 0 Å². The van der Waals surface area contributed by atoms with Gasteiger partial charge in [0.1, 0.15) is 5.60 Å². The van der Waals surface area contributed by atoms with Crippen LogP contribution in [0.25, 0.3) is 0 Å². The molecule has 3 heteroatoms. The first kappa shape index (κ1) is 10.5. The topological polar surface area (TPSA) is 32.7 Å². The Balaban J connectivity index is 2.63. The van der Waals surface area contributed by atoms with Gasteiger partial charge in [-0.2, -0.15) is 0 Å². The molecule has 13 heavy (non-hydrogen) atoms. The SMILES string of the molecule is C=C(CCO)N1OC(C)(C)C1(C)C. The third kappa shape index (κ3) is 1.46. The lowest BCUT2D eigenvalue weighted by molar-refractivity contribution is -0.399. The summed E-state index contributed by atoms with van der Waals surface area (Å²) < 4.78 is 0. The molecule has 1 aliphatic rings. The molecule has 0 amide bonds. The van der Waals surface area contributed by atoms with Gasteiger partial charge >= 0.3 is 0 Å². The van der Waals surface area contributed by atoms with Crippen molar-refractivity contribution in [2.24, 2.45) is 0 Å². The number of nitrogens with zero attached hydrogens (tertiary/aromatic N) is 1. The minimum Gasteiger partial charge on any atom is -0.396 e. The second-order valence-corrected chi connectivity index (χ2v) is 4.49. The molecular weight excluding hydrogens is 166 g/mol.